The lowest BCUT2D eigenvalue weighted by molar-refractivity contribution is 0.0992. The molecule has 0 unspecified atom stereocenters. The van der Waals surface area contributed by atoms with Crippen LogP contribution in [0, 0.1) is 0 Å². The number of benzene rings is 2. The highest BCUT2D eigenvalue weighted by Crippen LogP contribution is 2.24. The fourth-order valence-electron chi connectivity index (χ4n) is 2.21. The van der Waals surface area contributed by atoms with Crippen molar-refractivity contribution in [3.05, 3.63) is 63.6 Å². The van der Waals surface area contributed by atoms with E-state index in [1.54, 1.807) is 7.11 Å². The van der Waals surface area contributed by atoms with E-state index in [4.69, 9.17) is 4.74 Å². The van der Waals surface area contributed by atoms with Gasteiger partial charge < -0.3 is 4.74 Å². The Hall–Kier alpha value is -1.61. The van der Waals surface area contributed by atoms with Crippen molar-refractivity contribution < 1.29 is 9.53 Å². The van der Waals surface area contributed by atoms with Gasteiger partial charge in [0.15, 0.2) is 5.78 Å². The summed E-state index contributed by atoms with van der Waals surface area (Å²) >= 11 is 3.43. The van der Waals surface area contributed by atoms with Crippen LogP contribution in [0.25, 0.3) is 0 Å². The van der Waals surface area contributed by atoms with E-state index in [2.05, 4.69) is 29.8 Å². The van der Waals surface area contributed by atoms with Gasteiger partial charge in [-0.25, -0.2) is 0 Å². The first-order chi connectivity index (χ1) is 10.0. The Morgan fingerprint density at radius 3 is 2.38 bits per heavy atom. The molecule has 0 saturated carbocycles. The Morgan fingerprint density at radius 2 is 1.81 bits per heavy atom. The lowest BCUT2D eigenvalue weighted by atomic mass is 9.98. The highest BCUT2D eigenvalue weighted by molar-refractivity contribution is 9.10. The molecule has 110 valence electrons. The maximum atomic E-state index is 12.4. The molecule has 2 aromatic rings. The Balaban J connectivity index is 2.19. The maximum Gasteiger partial charge on any atom is 0.167 e. The van der Waals surface area contributed by atoms with Crippen LogP contribution in [0.3, 0.4) is 0 Å². The number of hydrogen-bond donors (Lipinski definition) is 0. The summed E-state index contributed by atoms with van der Waals surface area (Å²) in [5.41, 5.74) is 2.87. The molecule has 2 aromatic carbocycles. The molecule has 0 aliphatic carbocycles. The van der Waals surface area contributed by atoms with Crippen molar-refractivity contribution in [3.8, 4) is 5.75 Å². The van der Waals surface area contributed by atoms with Gasteiger partial charge in [0.1, 0.15) is 5.75 Å². The molecule has 0 spiro atoms. The van der Waals surface area contributed by atoms with Crippen molar-refractivity contribution in [1.29, 1.82) is 0 Å². The zero-order chi connectivity index (χ0) is 15.4. The molecular formula is C18H19BrO2. The van der Waals surface area contributed by atoms with Gasteiger partial charge in [0.25, 0.3) is 0 Å². The van der Waals surface area contributed by atoms with E-state index in [-0.39, 0.29) is 5.78 Å². The van der Waals surface area contributed by atoms with E-state index in [1.165, 1.54) is 5.56 Å². The standard InChI is InChI=1S/C18H19BrO2/c1-12(2)13-4-6-14(7-5-13)17(20)11-15-10-16(19)8-9-18(15)21-3/h4-10,12H,11H2,1-3H3. The Labute approximate surface area is 134 Å². The lowest BCUT2D eigenvalue weighted by Crippen LogP contribution is -2.05. The fourth-order valence-corrected chi connectivity index (χ4v) is 2.62. The molecule has 0 bridgehead atoms. The van der Waals surface area contributed by atoms with Crippen LogP contribution in [0.2, 0.25) is 0 Å². The minimum Gasteiger partial charge on any atom is -0.496 e. The van der Waals surface area contributed by atoms with Crippen molar-refractivity contribution in [1.82, 2.24) is 0 Å². The molecule has 0 amide bonds. The predicted molar refractivity (Wildman–Crippen MR) is 89.3 cm³/mol. The third-order valence-electron chi connectivity index (χ3n) is 3.49. The average Bonchev–Trinajstić information content (AvgIpc) is 2.47. The van der Waals surface area contributed by atoms with Gasteiger partial charge in [0.2, 0.25) is 0 Å². The van der Waals surface area contributed by atoms with E-state index in [9.17, 15) is 4.79 Å². The SMILES string of the molecule is COc1ccc(Br)cc1CC(=O)c1ccc(C(C)C)cc1. The first-order valence-electron chi connectivity index (χ1n) is 6.97. The van der Waals surface area contributed by atoms with Crippen LogP contribution in [0.1, 0.15) is 41.3 Å². The van der Waals surface area contributed by atoms with Gasteiger partial charge >= 0.3 is 0 Å². The summed E-state index contributed by atoms with van der Waals surface area (Å²) < 4.78 is 6.26. The van der Waals surface area contributed by atoms with Crippen LogP contribution in [-0.2, 0) is 6.42 Å². The minimum absolute atomic E-state index is 0.0988. The summed E-state index contributed by atoms with van der Waals surface area (Å²) in [7, 11) is 1.62. The smallest absolute Gasteiger partial charge is 0.167 e. The molecular weight excluding hydrogens is 328 g/mol. The number of halogens is 1. The van der Waals surface area contributed by atoms with E-state index in [1.807, 2.05) is 42.5 Å². The third kappa shape index (κ3) is 3.94. The minimum atomic E-state index is 0.0988. The van der Waals surface area contributed by atoms with E-state index >= 15 is 0 Å². The number of carbonyl (C=O) groups is 1. The molecule has 0 aliphatic rings. The summed E-state index contributed by atoms with van der Waals surface area (Å²) in [6.45, 7) is 4.28. The maximum absolute atomic E-state index is 12.4. The topological polar surface area (TPSA) is 26.3 Å². The van der Waals surface area contributed by atoms with Gasteiger partial charge in [-0.05, 0) is 29.7 Å². The molecule has 2 nitrogen and oxygen atoms in total. The van der Waals surface area contributed by atoms with Crippen LogP contribution in [0.4, 0.5) is 0 Å². The number of Topliss-reactive ketones (excluding diaryl/α,β-unsaturated/α-hetero) is 1. The molecule has 0 saturated heterocycles. The first-order valence-corrected chi connectivity index (χ1v) is 7.76. The molecule has 0 atom stereocenters. The Morgan fingerprint density at radius 1 is 1.14 bits per heavy atom. The normalized spacial score (nSPS) is 10.7. The number of hydrogen-bond acceptors (Lipinski definition) is 2. The Bertz CT molecular complexity index is 630. The van der Waals surface area contributed by atoms with Crippen LogP contribution >= 0.6 is 15.9 Å². The second-order valence-electron chi connectivity index (χ2n) is 5.33. The number of ether oxygens (including phenoxy) is 1. The van der Waals surface area contributed by atoms with Crippen molar-refractivity contribution in [2.24, 2.45) is 0 Å². The lowest BCUT2D eigenvalue weighted by Gasteiger charge is -2.09. The highest BCUT2D eigenvalue weighted by atomic mass is 79.9. The largest absolute Gasteiger partial charge is 0.496 e. The highest BCUT2D eigenvalue weighted by Gasteiger charge is 2.12. The number of methoxy groups -OCH3 is 1. The molecule has 0 aliphatic heterocycles. The van der Waals surface area contributed by atoms with Gasteiger partial charge in [0, 0.05) is 22.0 Å². The van der Waals surface area contributed by atoms with Crippen LogP contribution in [0.5, 0.6) is 5.75 Å². The molecule has 0 aromatic heterocycles. The molecule has 2 rings (SSSR count). The van der Waals surface area contributed by atoms with E-state index in [0.717, 1.165) is 21.3 Å². The van der Waals surface area contributed by atoms with Crippen molar-refractivity contribution >= 4 is 21.7 Å². The van der Waals surface area contributed by atoms with Gasteiger partial charge in [-0.1, -0.05) is 54.0 Å². The quantitative estimate of drug-likeness (QED) is 0.711. The summed E-state index contributed by atoms with van der Waals surface area (Å²) in [4.78, 5) is 12.4. The van der Waals surface area contributed by atoms with Crippen LogP contribution in [-0.4, -0.2) is 12.9 Å². The van der Waals surface area contributed by atoms with Gasteiger partial charge in [-0.3, -0.25) is 4.79 Å². The average molecular weight is 347 g/mol. The van der Waals surface area contributed by atoms with Crippen molar-refractivity contribution in [2.45, 2.75) is 26.2 Å². The second kappa shape index (κ2) is 6.90. The second-order valence-corrected chi connectivity index (χ2v) is 6.25. The molecule has 3 heteroatoms. The van der Waals surface area contributed by atoms with E-state index in [0.29, 0.717) is 12.3 Å². The molecule has 0 radical (unpaired) electrons. The van der Waals surface area contributed by atoms with Crippen LogP contribution < -0.4 is 4.74 Å². The number of carbonyl (C=O) groups excluding carboxylic acids is 1. The van der Waals surface area contributed by atoms with Gasteiger partial charge in [0.05, 0.1) is 7.11 Å². The zero-order valence-corrected chi connectivity index (χ0v) is 14.1. The van der Waals surface area contributed by atoms with Gasteiger partial charge in [-0.2, -0.15) is 0 Å². The summed E-state index contributed by atoms with van der Waals surface area (Å²) in [6.07, 6.45) is 0.337. The third-order valence-corrected chi connectivity index (χ3v) is 3.99. The predicted octanol–water partition coefficient (Wildman–Crippen LogP) is 5.01. The van der Waals surface area contributed by atoms with Crippen LogP contribution in [0.15, 0.2) is 46.9 Å². The van der Waals surface area contributed by atoms with Crippen molar-refractivity contribution in [3.63, 3.8) is 0 Å². The number of rotatable bonds is 5. The van der Waals surface area contributed by atoms with Crippen molar-refractivity contribution in [2.75, 3.05) is 7.11 Å². The molecule has 0 fully saturated rings. The summed E-state index contributed by atoms with van der Waals surface area (Å²) in [5.74, 6) is 1.31. The summed E-state index contributed by atoms with van der Waals surface area (Å²) in [6, 6.07) is 13.6. The summed E-state index contributed by atoms with van der Waals surface area (Å²) in [5, 5.41) is 0. The molecule has 0 heterocycles. The first kappa shape index (κ1) is 15.8. The fraction of sp³-hybridized carbons (Fsp3) is 0.278. The van der Waals surface area contributed by atoms with E-state index < -0.39 is 0 Å². The number of ketones is 1. The Kier molecular flexibility index (Phi) is 5.18. The zero-order valence-electron chi connectivity index (χ0n) is 12.5. The van der Waals surface area contributed by atoms with Gasteiger partial charge in [-0.15, -0.1) is 0 Å². The monoisotopic (exact) mass is 346 g/mol. The molecule has 21 heavy (non-hydrogen) atoms. The molecule has 0 N–H and O–H groups in total.